The number of benzene rings is 1. The van der Waals surface area contributed by atoms with E-state index in [1.165, 1.54) is 6.08 Å². The van der Waals surface area contributed by atoms with E-state index in [-0.39, 0.29) is 12.1 Å². The zero-order chi connectivity index (χ0) is 11.4. The number of hydrogen-bond acceptors (Lipinski definition) is 3. The Labute approximate surface area is 87.3 Å². The first-order valence-corrected chi connectivity index (χ1v) is 4.43. The Morgan fingerprint density at radius 1 is 1.40 bits per heavy atom. The second-order valence-corrected chi connectivity index (χ2v) is 3.31. The molecule has 0 atom stereocenters. The van der Waals surface area contributed by atoms with Gasteiger partial charge in [-0.3, -0.25) is 0 Å². The van der Waals surface area contributed by atoms with Crippen LogP contribution in [0.15, 0.2) is 17.1 Å². The van der Waals surface area contributed by atoms with Gasteiger partial charge in [-0.25, -0.2) is 14.6 Å². The van der Waals surface area contributed by atoms with Gasteiger partial charge in [0.1, 0.15) is 0 Å². The molecule has 0 radical (unpaired) electrons. The van der Waals surface area contributed by atoms with Crippen LogP contribution < -0.4 is 0 Å². The summed E-state index contributed by atoms with van der Waals surface area (Å²) >= 11 is 0. The number of carboxylic acids is 1. The minimum Gasteiger partial charge on any atom is -0.478 e. The molecule has 15 heavy (non-hydrogen) atoms. The maximum Gasteiger partial charge on any atom is 0.335 e. The Balaban J connectivity index is 3.22. The minimum absolute atomic E-state index is 0.176. The van der Waals surface area contributed by atoms with Crippen LogP contribution in [0.2, 0.25) is 0 Å². The standard InChI is InChI=1S/C11H11NO3/c1-7-3-8(2)10(11(14)15)4-9(7)5-12-6-13/h3-4H,5H2,1-2H3,(H,14,15). The highest BCUT2D eigenvalue weighted by Gasteiger charge is 2.09. The molecule has 0 saturated carbocycles. The molecule has 0 aromatic heterocycles. The Morgan fingerprint density at radius 2 is 2.07 bits per heavy atom. The summed E-state index contributed by atoms with van der Waals surface area (Å²) in [6.07, 6.45) is 1.43. The van der Waals surface area contributed by atoms with Crippen LogP contribution in [0.3, 0.4) is 0 Å². The molecule has 1 aromatic rings. The molecule has 0 fully saturated rings. The summed E-state index contributed by atoms with van der Waals surface area (Å²) in [6, 6.07) is 3.33. The second kappa shape index (κ2) is 4.53. The molecule has 0 spiro atoms. The third-order valence-electron chi connectivity index (χ3n) is 2.23. The van der Waals surface area contributed by atoms with Gasteiger partial charge in [-0.15, -0.1) is 0 Å². The highest BCUT2D eigenvalue weighted by Crippen LogP contribution is 2.16. The molecule has 4 nitrogen and oxygen atoms in total. The Bertz CT molecular complexity index is 445. The van der Waals surface area contributed by atoms with E-state index in [9.17, 15) is 9.59 Å². The normalized spacial score (nSPS) is 9.47. The van der Waals surface area contributed by atoms with E-state index < -0.39 is 5.97 Å². The van der Waals surface area contributed by atoms with Gasteiger partial charge in [0.15, 0.2) is 0 Å². The predicted octanol–water partition coefficient (Wildman–Crippen LogP) is 1.84. The topological polar surface area (TPSA) is 66.7 Å². The van der Waals surface area contributed by atoms with Crippen molar-refractivity contribution in [2.75, 3.05) is 0 Å². The van der Waals surface area contributed by atoms with Gasteiger partial charge in [0.25, 0.3) is 0 Å². The summed E-state index contributed by atoms with van der Waals surface area (Å²) in [5.74, 6) is -0.969. The number of hydrogen-bond donors (Lipinski definition) is 1. The van der Waals surface area contributed by atoms with Gasteiger partial charge in [0.2, 0.25) is 6.08 Å². The molecule has 1 aromatic carbocycles. The highest BCUT2D eigenvalue weighted by molar-refractivity contribution is 5.89. The van der Waals surface area contributed by atoms with Gasteiger partial charge in [-0.05, 0) is 36.6 Å². The largest absolute Gasteiger partial charge is 0.478 e. The van der Waals surface area contributed by atoms with Gasteiger partial charge in [-0.1, -0.05) is 6.07 Å². The van der Waals surface area contributed by atoms with E-state index in [0.717, 1.165) is 11.1 Å². The lowest BCUT2D eigenvalue weighted by atomic mass is 10.00. The van der Waals surface area contributed by atoms with Gasteiger partial charge in [-0.2, -0.15) is 0 Å². The number of rotatable bonds is 3. The lowest BCUT2D eigenvalue weighted by Crippen LogP contribution is -2.02. The highest BCUT2D eigenvalue weighted by atomic mass is 16.4. The first-order valence-electron chi connectivity index (χ1n) is 4.43. The van der Waals surface area contributed by atoms with Gasteiger partial charge < -0.3 is 5.11 Å². The third kappa shape index (κ3) is 2.51. The van der Waals surface area contributed by atoms with E-state index in [4.69, 9.17) is 5.11 Å². The van der Waals surface area contributed by atoms with E-state index in [0.29, 0.717) is 5.56 Å². The first-order chi connectivity index (χ1) is 7.06. The molecule has 0 aliphatic rings. The maximum atomic E-state index is 10.9. The molecular formula is C11H11NO3. The van der Waals surface area contributed by atoms with E-state index >= 15 is 0 Å². The fraction of sp³-hybridized carbons (Fsp3) is 0.273. The molecule has 1 rings (SSSR count). The molecule has 0 saturated heterocycles. The Kier molecular flexibility index (Phi) is 3.37. The van der Waals surface area contributed by atoms with Gasteiger partial charge in [0, 0.05) is 0 Å². The smallest absolute Gasteiger partial charge is 0.335 e. The van der Waals surface area contributed by atoms with Crippen molar-refractivity contribution < 1.29 is 14.7 Å². The van der Waals surface area contributed by atoms with Crippen LogP contribution in [-0.2, 0) is 11.3 Å². The van der Waals surface area contributed by atoms with Crippen molar-refractivity contribution in [3.8, 4) is 0 Å². The van der Waals surface area contributed by atoms with Crippen LogP contribution in [-0.4, -0.2) is 17.2 Å². The van der Waals surface area contributed by atoms with E-state index in [2.05, 4.69) is 4.99 Å². The fourth-order valence-corrected chi connectivity index (χ4v) is 1.42. The predicted molar refractivity (Wildman–Crippen MR) is 54.7 cm³/mol. The quantitative estimate of drug-likeness (QED) is 0.604. The molecular weight excluding hydrogens is 194 g/mol. The molecule has 78 valence electrons. The second-order valence-electron chi connectivity index (χ2n) is 3.31. The minimum atomic E-state index is -0.969. The average Bonchev–Trinajstić information content (AvgIpc) is 2.16. The number of carboxylic acid groups (broad SMARTS) is 1. The number of aryl methyl sites for hydroxylation is 2. The van der Waals surface area contributed by atoms with Crippen molar-refractivity contribution in [3.05, 3.63) is 34.4 Å². The van der Waals surface area contributed by atoms with Gasteiger partial charge >= 0.3 is 5.97 Å². The van der Waals surface area contributed by atoms with Crippen LogP contribution in [0.25, 0.3) is 0 Å². The SMILES string of the molecule is Cc1cc(C)c(C(=O)O)cc1CN=C=O. The number of aromatic carboxylic acids is 1. The lowest BCUT2D eigenvalue weighted by molar-refractivity contribution is 0.0696. The monoisotopic (exact) mass is 205 g/mol. The van der Waals surface area contributed by atoms with Crippen molar-refractivity contribution in [1.82, 2.24) is 0 Å². The Morgan fingerprint density at radius 3 is 2.60 bits per heavy atom. The zero-order valence-corrected chi connectivity index (χ0v) is 8.57. The summed E-state index contributed by atoms with van der Waals surface area (Å²) in [5.41, 5.74) is 2.62. The van der Waals surface area contributed by atoms with Crippen LogP contribution in [0, 0.1) is 13.8 Å². The number of isocyanates is 1. The third-order valence-corrected chi connectivity index (χ3v) is 2.23. The average molecular weight is 205 g/mol. The van der Waals surface area contributed by atoms with Crippen LogP contribution in [0.1, 0.15) is 27.0 Å². The summed E-state index contributed by atoms with van der Waals surface area (Å²) < 4.78 is 0. The Hall–Kier alpha value is -1.93. The molecule has 1 N–H and O–H groups in total. The molecule has 0 aliphatic carbocycles. The van der Waals surface area contributed by atoms with E-state index in [1.54, 1.807) is 19.1 Å². The molecule has 4 heteroatoms. The van der Waals surface area contributed by atoms with E-state index in [1.807, 2.05) is 6.92 Å². The van der Waals surface area contributed by atoms with Crippen LogP contribution in [0.4, 0.5) is 0 Å². The number of nitrogens with zero attached hydrogens (tertiary/aromatic N) is 1. The molecule has 0 unspecified atom stereocenters. The van der Waals surface area contributed by atoms with Crippen molar-refractivity contribution in [2.24, 2.45) is 4.99 Å². The number of carbonyl (C=O) groups is 1. The maximum absolute atomic E-state index is 10.9. The molecule has 0 amide bonds. The van der Waals surface area contributed by atoms with Crippen molar-refractivity contribution in [3.63, 3.8) is 0 Å². The summed E-state index contributed by atoms with van der Waals surface area (Å²) in [5, 5.41) is 8.90. The van der Waals surface area contributed by atoms with Crippen molar-refractivity contribution >= 4 is 12.0 Å². The van der Waals surface area contributed by atoms with Crippen LogP contribution in [0.5, 0.6) is 0 Å². The molecule has 0 aliphatic heterocycles. The lowest BCUT2D eigenvalue weighted by Gasteiger charge is -2.07. The summed E-state index contributed by atoms with van der Waals surface area (Å²) in [4.78, 5) is 24.3. The fourth-order valence-electron chi connectivity index (χ4n) is 1.42. The number of aliphatic imine (C=N–C) groups is 1. The summed E-state index contributed by atoms with van der Waals surface area (Å²) in [7, 11) is 0. The van der Waals surface area contributed by atoms with Crippen molar-refractivity contribution in [1.29, 1.82) is 0 Å². The zero-order valence-electron chi connectivity index (χ0n) is 8.57. The first kappa shape index (κ1) is 11.1. The van der Waals surface area contributed by atoms with Crippen molar-refractivity contribution in [2.45, 2.75) is 20.4 Å². The summed E-state index contributed by atoms with van der Waals surface area (Å²) in [6.45, 7) is 3.77. The van der Waals surface area contributed by atoms with Crippen LogP contribution >= 0.6 is 0 Å². The number of carbonyl (C=O) groups excluding carboxylic acids is 1. The molecule has 0 heterocycles. The van der Waals surface area contributed by atoms with Gasteiger partial charge in [0.05, 0.1) is 12.1 Å². The molecule has 0 bridgehead atoms.